The highest BCUT2D eigenvalue weighted by atomic mass is 16.5. The zero-order valence-corrected chi connectivity index (χ0v) is 8.94. The second kappa shape index (κ2) is 5.78. The van der Waals surface area contributed by atoms with Crippen molar-refractivity contribution in [2.24, 2.45) is 5.73 Å². The second-order valence-electron chi connectivity index (χ2n) is 3.57. The summed E-state index contributed by atoms with van der Waals surface area (Å²) in [4.78, 5) is 0. The van der Waals surface area contributed by atoms with Gasteiger partial charge in [0, 0.05) is 0 Å². The van der Waals surface area contributed by atoms with Crippen molar-refractivity contribution in [2.75, 3.05) is 6.61 Å². The Bertz CT molecular complexity index is 248. The van der Waals surface area contributed by atoms with Crippen molar-refractivity contribution in [2.45, 2.75) is 32.4 Å². The fourth-order valence-corrected chi connectivity index (χ4v) is 1.18. The van der Waals surface area contributed by atoms with Crippen molar-refractivity contribution in [1.29, 1.82) is 0 Å². The molecule has 1 aromatic rings. The zero-order chi connectivity index (χ0) is 10.4. The minimum atomic E-state index is -0.00907. The molecule has 0 saturated heterocycles. The molecule has 1 rings (SSSR count). The van der Waals surface area contributed by atoms with E-state index < -0.39 is 0 Å². The molecule has 1 aromatic carbocycles. The molecule has 14 heavy (non-hydrogen) atoms. The molecule has 0 spiro atoms. The number of ether oxygens (including phenoxy) is 1. The van der Waals surface area contributed by atoms with E-state index in [1.165, 1.54) is 0 Å². The highest BCUT2D eigenvalue weighted by molar-refractivity contribution is 5.18. The van der Waals surface area contributed by atoms with Crippen molar-refractivity contribution in [3.63, 3.8) is 0 Å². The molecule has 0 fully saturated rings. The first kappa shape index (κ1) is 11.2. The number of hydrogen-bond acceptors (Lipinski definition) is 2. The highest BCUT2D eigenvalue weighted by Gasteiger charge is 2.07. The van der Waals surface area contributed by atoms with Crippen molar-refractivity contribution in [3.8, 4) is 0 Å². The third-order valence-electron chi connectivity index (χ3n) is 2.36. The minimum absolute atomic E-state index is 0.00907. The summed E-state index contributed by atoms with van der Waals surface area (Å²) in [6, 6.07) is 10.0. The van der Waals surface area contributed by atoms with Crippen LogP contribution in [0.4, 0.5) is 0 Å². The summed E-state index contributed by atoms with van der Waals surface area (Å²) in [5.74, 6) is 0. The van der Waals surface area contributed by atoms with E-state index in [9.17, 15) is 0 Å². The SMILES string of the molecule is CCC(C)OCC(N)c1ccccc1. The van der Waals surface area contributed by atoms with Gasteiger partial charge in [-0.15, -0.1) is 0 Å². The maximum atomic E-state index is 5.97. The van der Waals surface area contributed by atoms with E-state index in [2.05, 4.69) is 13.8 Å². The van der Waals surface area contributed by atoms with E-state index in [1.54, 1.807) is 0 Å². The molecule has 0 bridgehead atoms. The van der Waals surface area contributed by atoms with Crippen molar-refractivity contribution >= 4 is 0 Å². The maximum absolute atomic E-state index is 5.97. The highest BCUT2D eigenvalue weighted by Crippen LogP contribution is 2.10. The van der Waals surface area contributed by atoms with E-state index in [4.69, 9.17) is 10.5 Å². The van der Waals surface area contributed by atoms with Gasteiger partial charge in [0.2, 0.25) is 0 Å². The Labute approximate surface area is 86.1 Å². The fourth-order valence-electron chi connectivity index (χ4n) is 1.18. The van der Waals surface area contributed by atoms with Crippen LogP contribution in [0.2, 0.25) is 0 Å². The van der Waals surface area contributed by atoms with Gasteiger partial charge in [-0.3, -0.25) is 0 Å². The van der Waals surface area contributed by atoms with Crippen LogP contribution in [0.15, 0.2) is 30.3 Å². The molecule has 78 valence electrons. The normalized spacial score (nSPS) is 15.1. The average Bonchev–Trinajstić information content (AvgIpc) is 2.26. The van der Waals surface area contributed by atoms with E-state index in [-0.39, 0.29) is 6.04 Å². The van der Waals surface area contributed by atoms with Crippen LogP contribution >= 0.6 is 0 Å². The van der Waals surface area contributed by atoms with Crippen LogP contribution in [0.5, 0.6) is 0 Å². The predicted molar refractivity (Wildman–Crippen MR) is 59.1 cm³/mol. The van der Waals surface area contributed by atoms with Crippen LogP contribution in [0, 0.1) is 0 Å². The molecule has 0 aliphatic heterocycles. The quantitative estimate of drug-likeness (QED) is 0.779. The van der Waals surface area contributed by atoms with Gasteiger partial charge >= 0.3 is 0 Å². The van der Waals surface area contributed by atoms with Gasteiger partial charge in [-0.05, 0) is 18.9 Å². The van der Waals surface area contributed by atoms with Crippen LogP contribution in [0.25, 0.3) is 0 Å². The number of rotatable bonds is 5. The summed E-state index contributed by atoms with van der Waals surface area (Å²) in [6.07, 6.45) is 1.33. The fraction of sp³-hybridized carbons (Fsp3) is 0.500. The van der Waals surface area contributed by atoms with Crippen molar-refractivity contribution in [3.05, 3.63) is 35.9 Å². The Morgan fingerprint density at radius 3 is 2.50 bits per heavy atom. The molecule has 2 unspecified atom stereocenters. The standard InChI is InChI=1S/C12H19NO/c1-3-10(2)14-9-12(13)11-7-5-4-6-8-11/h4-8,10,12H,3,9,13H2,1-2H3. The maximum Gasteiger partial charge on any atom is 0.0662 e. The molecule has 2 nitrogen and oxygen atoms in total. The molecule has 0 radical (unpaired) electrons. The minimum Gasteiger partial charge on any atom is -0.377 e. The molecular weight excluding hydrogens is 174 g/mol. The van der Waals surface area contributed by atoms with E-state index in [0.29, 0.717) is 12.7 Å². The largest absolute Gasteiger partial charge is 0.377 e. The summed E-state index contributed by atoms with van der Waals surface area (Å²) in [5, 5.41) is 0. The molecule has 0 heterocycles. The first-order chi connectivity index (χ1) is 6.74. The summed E-state index contributed by atoms with van der Waals surface area (Å²) in [7, 11) is 0. The third kappa shape index (κ3) is 3.48. The number of benzene rings is 1. The summed E-state index contributed by atoms with van der Waals surface area (Å²) in [6.45, 7) is 4.77. The lowest BCUT2D eigenvalue weighted by atomic mass is 10.1. The molecule has 2 N–H and O–H groups in total. The lowest BCUT2D eigenvalue weighted by Gasteiger charge is -2.16. The molecule has 0 aliphatic rings. The topological polar surface area (TPSA) is 35.2 Å². The second-order valence-corrected chi connectivity index (χ2v) is 3.57. The lowest BCUT2D eigenvalue weighted by Crippen LogP contribution is -2.20. The van der Waals surface area contributed by atoms with Gasteiger partial charge < -0.3 is 10.5 Å². The summed E-state index contributed by atoms with van der Waals surface area (Å²) >= 11 is 0. The van der Waals surface area contributed by atoms with Gasteiger partial charge in [-0.1, -0.05) is 37.3 Å². The first-order valence-electron chi connectivity index (χ1n) is 5.16. The Hall–Kier alpha value is -0.860. The predicted octanol–water partition coefficient (Wildman–Crippen LogP) is 2.50. The third-order valence-corrected chi connectivity index (χ3v) is 2.36. The monoisotopic (exact) mass is 193 g/mol. The Morgan fingerprint density at radius 1 is 1.29 bits per heavy atom. The van der Waals surface area contributed by atoms with Crippen LogP contribution in [0.3, 0.4) is 0 Å². The van der Waals surface area contributed by atoms with Gasteiger partial charge in [0.15, 0.2) is 0 Å². The zero-order valence-electron chi connectivity index (χ0n) is 8.94. The first-order valence-corrected chi connectivity index (χ1v) is 5.16. The lowest BCUT2D eigenvalue weighted by molar-refractivity contribution is 0.0539. The summed E-state index contributed by atoms with van der Waals surface area (Å²) in [5.41, 5.74) is 7.11. The van der Waals surface area contributed by atoms with Gasteiger partial charge in [-0.25, -0.2) is 0 Å². The molecule has 0 aromatic heterocycles. The molecule has 2 heteroatoms. The summed E-state index contributed by atoms with van der Waals surface area (Å²) < 4.78 is 5.58. The van der Waals surface area contributed by atoms with E-state index in [1.807, 2.05) is 30.3 Å². The molecule has 0 saturated carbocycles. The van der Waals surface area contributed by atoms with Crippen LogP contribution in [0.1, 0.15) is 31.9 Å². The Morgan fingerprint density at radius 2 is 1.93 bits per heavy atom. The smallest absolute Gasteiger partial charge is 0.0662 e. The molecular formula is C12H19NO. The Kier molecular flexibility index (Phi) is 4.63. The van der Waals surface area contributed by atoms with Crippen molar-refractivity contribution in [1.82, 2.24) is 0 Å². The molecule has 0 amide bonds. The van der Waals surface area contributed by atoms with Crippen molar-refractivity contribution < 1.29 is 4.74 Å². The average molecular weight is 193 g/mol. The van der Waals surface area contributed by atoms with Gasteiger partial charge in [0.05, 0.1) is 18.8 Å². The van der Waals surface area contributed by atoms with Gasteiger partial charge in [-0.2, -0.15) is 0 Å². The van der Waals surface area contributed by atoms with Crippen LogP contribution in [-0.2, 0) is 4.74 Å². The van der Waals surface area contributed by atoms with Gasteiger partial charge in [0.1, 0.15) is 0 Å². The van der Waals surface area contributed by atoms with E-state index in [0.717, 1.165) is 12.0 Å². The van der Waals surface area contributed by atoms with E-state index >= 15 is 0 Å². The van der Waals surface area contributed by atoms with Crippen LogP contribution in [-0.4, -0.2) is 12.7 Å². The van der Waals surface area contributed by atoms with Crippen LogP contribution < -0.4 is 5.73 Å². The molecule has 2 atom stereocenters. The Balaban J connectivity index is 2.39. The van der Waals surface area contributed by atoms with Gasteiger partial charge in [0.25, 0.3) is 0 Å². The number of nitrogens with two attached hydrogens (primary N) is 1. The number of hydrogen-bond donors (Lipinski definition) is 1. The molecule has 0 aliphatic carbocycles.